The molecule has 0 atom stereocenters. The second kappa shape index (κ2) is 2.77. The van der Waals surface area contributed by atoms with Crippen LogP contribution in [-0.2, 0) is 0 Å². The molecule has 1 aromatic rings. The van der Waals surface area contributed by atoms with E-state index in [9.17, 15) is 9.90 Å². The summed E-state index contributed by atoms with van der Waals surface area (Å²) < 4.78 is 5.13. The van der Waals surface area contributed by atoms with Crippen LogP contribution in [0.4, 0.5) is 0 Å². The molecular weight excluding hydrogens is 184 g/mol. The third kappa shape index (κ3) is 1.21. The van der Waals surface area contributed by atoms with Crippen LogP contribution in [0.5, 0.6) is 17.2 Å². The predicted molar refractivity (Wildman–Crippen MR) is 48.5 cm³/mol. The molecule has 72 valence electrons. The van der Waals surface area contributed by atoms with E-state index in [1.807, 2.05) is 0 Å². The second-order valence-electron chi connectivity index (χ2n) is 3.08. The number of benzene rings is 1. The van der Waals surface area contributed by atoms with Crippen molar-refractivity contribution < 1.29 is 19.7 Å². The third-order valence-electron chi connectivity index (χ3n) is 1.96. The Hall–Kier alpha value is -1.97. The lowest BCUT2D eigenvalue weighted by molar-refractivity contribution is 0.0961. The maximum Gasteiger partial charge on any atom is 0.177 e. The average molecular weight is 192 g/mol. The summed E-state index contributed by atoms with van der Waals surface area (Å²) in [5.74, 6) is -0.203. The van der Waals surface area contributed by atoms with Gasteiger partial charge >= 0.3 is 0 Å². The van der Waals surface area contributed by atoms with E-state index in [0.717, 1.165) is 6.07 Å². The van der Waals surface area contributed by atoms with Gasteiger partial charge in [-0.1, -0.05) is 6.58 Å². The van der Waals surface area contributed by atoms with Crippen LogP contribution in [0.1, 0.15) is 16.8 Å². The summed E-state index contributed by atoms with van der Waals surface area (Å²) in [6.07, 6.45) is 0.0608. The Morgan fingerprint density at radius 3 is 2.79 bits per heavy atom. The topological polar surface area (TPSA) is 66.8 Å². The van der Waals surface area contributed by atoms with Crippen molar-refractivity contribution in [3.05, 3.63) is 30.0 Å². The van der Waals surface area contributed by atoms with Gasteiger partial charge in [-0.25, -0.2) is 0 Å². The number of Topliss-reactive ketones (excluding diaryl/α,β-unsaturated/α-hetero) is 1. The number of carbonyl (C=O) groups is 1. The number of ether oxygens (including phenoxy) is 1. The van der Waals surface area contributed by atoms with Crippen LogP contribution in [0.15, 0.2) is 24.5 Å². The van der Waals surface area contributed by atoms with Crippen molar-refractivity contribution >= 4 is 5.78 Å². The summed E-state index contributed by atoms with van der Waals surface area (Å²) >= 11 is 0. The maximum atomic E-state index is 11.4. The molecule has 1 aliphatic heterocycles. The Morgan fingerprint density at radius 1 is 1.36 bits per heavy atom. The molecule has 2 rings (SSSR count). The van der Waals surface area contributed by atoms with Gasteiger partial charge in [0.05, 0.1) is 6.42 Å². The highest BCUT2D eigenvalue weighted by molar-refractivity contribution is 6.03. The van der Waals surface area contributed by atoms with Crippen molar-refractivity contribution in [1.82, 2.24) is 0 Å². The number of ketones is 1. The van der Waals surface area contributed by atoms with Gasteiger partial charge in [-0.3, -0.25) is 4.79 Å². The zero-order valence-corrected chi connectivity index (χ0v) is 7.28. The number of hydrogen-bond donors (Lipinski definition) is 2. The highest BCUT2D eigenvalue weighted by Crippen LogP contribution is 2.38. The molecule has 0 amide bonds. The van der Waals surface area contributed by atoms with E-state index in [-0.39, 0.29) is 35.0 Å². The van der Waals surface area contributed by atoms with Crippen LogP contribution in [0.3, 0.4) is 0 Å². The Kier molecular flexibility index (Phi) is 1.70. The average Bonchev–Trinajstić information content (AvgIpc) is 1.99. The lowest BCUT2D eigenvalue weighted by atomic mass is 10.0. The zero-order chi connectivity index (χ0) is 10.3. The number of rotatable bonds is 0. The van der Waals surface area contributed by atoms with Gasteiger partial charge in [-0.05, 0) is 0 Å². The standard InChI is InChI=1S/C10H8O4/c1-5-2-7(12)10-8(13)3-6(11)4-9(10)14-5/h3-4,11,13H,1-2H2. The first-order valence-corrected chi connectivity index (χ1v) is 4.02. The second-order valence-corrected chi connectivity index (χ2v) is 3.08. The fraction of sp³-hybridized carbons (Fsp3) is 0.100. The third-order valence-corrected chi connectivity index (χ3v) is 1.96. The molecule has 0 fully saturated rings. The maximum absolute atomic E-state index is 11.4. The van der Waals surface area contributed by atoms with E-state index in [2.05, 4.69) is 6.58 Å². The van der Waals surface area contributed by atoms with Gasteiger partial charge in [-0.15, -0.1) is 0 Å². The summed E-state index contributed by atoms with van der Waals surface area (Å²) in [7, 11) is 0. The summed E-state index contributed by atoms with van der Waals surface area (Å²) in [6, 6.07) is 2.38. The highest BCUT2D eigenvalue weighted by atomic mass is 16.5. The van der Waals surface area contributed by atoms with Crippen LogP contribution in [0, 0.1) is 0 Å². The van der Waals surface area contributed by atoms with Crippen LogP contribution in [-0.4, -0.2) is 16.0 Å². The van der Waals surface area contributed by atoms with Crippen molar-refractivity contribution in [3.63, 3.8) is 0 Å². The minimum absolute atomic E-state index is 0.0608. The molecule has 1 aliphatic rings. The summed E-state index contributed by atoms with van der Waals surface area (Å²) in [6.45, 7) is 3.52. The summed E-state index contributed by atoms with van der Waals surface area (Å²) in [4.78, 5) is 11.4. The van der Waals surface area contributed by atoms with E-state index >= 15 is 0 Å². The number of allylic oxidation sites excluding steroid dienone is 1. The van der Waals surface area contributed by atoms with Crippen LogP contribution < -0.4 is 4.74 Å². The van der Waals surface area contributed by atoms with Crippen molar-refractivity contribution in [2.75, 3.05) is 0 Å². The van der Waals surface area contributed by atoms with E-state index < -0.39 is 0 Å². The van der Waals surface area contributed by atoms with Crippen molar-refractivity contribution in [1.29, 1.82) is 0 Å². The molecule has 1 aromatic carbocycles. The molecule has 0 bridgehead atoms. The number of phenols is 2. The fourth-order valence-corrected chi connectivity index (χ4v) is 1.41. The quantitative estimate of drug-likeness (QED) is 0.654. The SMILES string of the molecule is C=C1CC(=O)c2c(O)cc(O)cc2O1. The number of phenolic OH excluding ortho intramolecular Hbond substituents is 2. The van der Waals surface area contributed by atoms with Crippen molar-refractivity contribution in [3.8, 4) is 17.2 Å². The molecule has 0 aromatic heterocycles. The van der Waals surface area contributed by atoms with E-state index in [0.29, 0.717) is 5.76 Å². The molecule has 0 aliphatic carbocycles. The largest absolute Gasteiger partial charge is 0.508 e. The number of hydrogen-bond acceptors (Lipinski definition) is 4. The summed E-state index contributed by atoms with van der Waals surface area (Å²) in [5, 5.41) is 18.6. The highest BCUT2D eigenvalue weighted by Gasteiger charge is 2.25. The number of aromatic hydroxyl groups is 2. The van der Waals surface area contributed by atoms with Gasteiger partial charge in [0.2, 0.25) is 0 Å². The van der Waals surface area contributed by atoms with Crippen LogP contribution in [0.25, 0.3) is 0 Å². The summed E-state index contributed by atoms with van der Waals surface area (Å²) in [5.41, 5.74) is 0.107. The predicted octanol–water partition coefficient (Wildman–Crippen LogP) is 1.58. The molecule has 14 heavy (non-hydrogen) atoms. The lowest BCUT2D eigenvalue weighted by Crippen LogP contribution is -2.13. The van der Waals surface area contributed by atoms with Gasteiger partial charge in [0.1, 0.15) is 28.6 Å². The first kappa shape index (κ1) is 8.62. The minimum Gasteiger partial charge on any atom is -0.508 e. The molecule has 1 heterocycles. The van der Waals surface area contributed by atoms with Gasteiger partial charge < -0.3 is 14.9 Å². The Labute approximate surface area is 80.1 Å². The Balaban J connectivity index is 2.64. The van der Waals surface area contributed by atoms with Crippen molar-refractivity contribution in [2.24, 2.45) is 0 Å². The van der Waals surface area contributed by atoms with Crippen LogP contribution in [0.2, 0.25) is 0 Å². The van der Waals surface area contributed by atoms with Crippen LogP contribution >= 0.6 is 0 Å². The number of carbonyl (C=O) groups excluding carboxylic acids is 1. The Bertz CT molecular complexity index is 434. The molecule has 0 saturated heterocycles. The molecule has 0 saturated carbocycles. The van der Waals surface area contributed by atoms with Crippen molar-refractivity contribution in [2.45, 2.75) is 6.42 Å². The monoisotopic (exact) mass is 192 g/mol. The molecule has 4 heteroatoms. The number of fused-ring (bicyclic) bond motifs is 1. The molecular formula is C10H8O4. The minimum atomic E-state index is -0.266. The Morgan fingerprint density at radius 2 is 2.07 bits per heavy atom. The molecule has 0 spiro atoms. The normalized spacial score (nSPS) is 14.9. The van der Waals surface area contributed by atoms with E-state index in [1.54, 1.807) is 0 Å². The van der Waals surface area contributed by atoms with Gasteiger partial charge in [0.15, 0.2) is 5.78 Å². The molecule has 0 radical (unpaired) electrons. The first-order valence-electron chi connectivity index (χ1n) is 4.02. The van der Waals surface area contributed by atoms with E-state index in [1.165, 1.54) is 6.07 Å². The van der Waals surface area contributed by atoms with Gasteiger partial charge in [0.25, 0.3) is 0 Å². The fourth-order valence-electron chi connectivity index (χ4n) is 1.41. The van der Waals surface area contributed by atoms with E-state index in [4.69, 9.17) is 9.84 Å². The smallest absolute Gasteiger partial charge is 0.177 e. The lowest BCUT2D eigenvalue weighted by Gasteiger charge is -2.18. The molecule has 4 nitrogen and oxygen atoms in total. The molecule has 2 N–H and O–H groups in total. The first-order chi connectivity index (χ1) is 6.58. The van der Waals surface area contributed by atoms with Gasteiger partial charge in [-0.2, -0.15) is 0 Å². The zero-order valence-electron chi connectivity index (χ0n) is 7.28. The van der Waals surface area contributed by atoms with Gasteiger partial charge in [0, 0.05) is 12.1 Å². The molecule has 0 unspecified atom stereocenters.